The summed E-state index contributed by atoms with van der Waals surface area (Å²) in [6, 6.07) is 6.53. The zero-order valence-corrected chi connectivity index (χ0v) is 9.02. The number of hydrogen-bond acceptors (Lipinski definition) is 2. The number of nitrogens with one attached hydrogen (secondary N) is 1. The van der Waals surface area contributed by atoms with E-state index in [9.17, 15) is 4.79 Å². The van der Waals surface area contributed by atoms with Gasteiger partial charge in [0, 0.05) is 11.6 Å². The van der Waals surface area contributed by atoms with E-state index < -0.39 is 0 Å². The van der Waals surface area contributed by atoms with Crippen molar-refractivity contribution in [2.45, 2.75) is 19.3 Å². The first-order chi connectivity index (χ1) is 7.75. The van der Waals surface area contributed by atoms with Gasteiger partial charge in [0.1, 0.15) is 5.75 Å². The zero-order chi connectivity index (χ0) is 11.4. The maximum atomic E-state index is 11.8. The summed E-state index contributed by atoms with van der Waals surface area (Å²) in [7, 11) is 0. The largest absolute Gasteiger partial charge is 0.508 e. The van der Waals surface area contributed by atoms with Crippen LogP contribution in [0.4, 0.5) is 5.69 Å². The molecule has 0 aromatic heterocycles. The van der Waals surface area contributed by atoms with Crippen molar-refractivity contribution >= 4 is 11.6 Å². The van der Waals surface area contributed by atoms with Gasteiger partial charge in [-0.3, -0.25) is 4.79 Å². The van der Waals surface area contributed by atoms with Crippen LogP contribution in [0.2, 0.25) is 0 Å². The third-order valence-corrected chi connectivity index (χ3v) is 2.77. The van der Waals surface area contributed by atoms with Crippen LogP contribution in [0.3, 0.4) is 0 Å². The van der Waals surface area contributed by atoms with Crippen molar-refractivity contribution in [1.82, 2.24) is 0 Å². The minimum absolute atomic E-state index is 0.0649. The summed E-state index contributed by atoms with van der Waals surface area (Å²) >= 11 is 0. The molecule has 84 valence electrons. The summed E-state index contributed by atoms with van der Waals surface area (Å²) < 4.78 is 0. The first-order valence-corrected chi connectivity index (χ1v) is 5.50. The third-order valence-electron chi connectivity index (χ3n) is 2.77. The number of rotatable bonds is 2. The van der Waals surface area contributed by atoms with E-state index in [1.54, 1.807) is 24.3 Å². The van der Waals surface area contributed by atoms with E-state index in [1.165, 1.54) is 0 Å². The Kier molecular flexibility index (Phi) is 3.25. The number of allylic oxidation sites excluding steroid dienone is 2. The van der Waals surface area contributed by atoms with Gasteiger partial charge in [-0.2, -0.15) is 0 Å². The van der Waals surface area contributed by atoms with Gasteiger partial charge in [0.15, 0.2) is 0 Å². The lowest BCUT2D eigenvalue weighted by Gasteiger charge is -2.17. The highest BCUT2D eigenvalue weighted by atomic mass is 16.3. The number of carbonyl (C=O) groups is 1. The zero-order valence-electron chi connectivity index (χ0n) is 9.02. The number of benzene rings is 1. The smallest absolute Gasteiger partial charge is 0.227 e. The average molecular weight is 217 g/mol. The molecule has 1 aliphatic carbocycles. The van der Waals surface area contributed by atoms with Crippen LogP contribution in [0.25, 0.3) is 0 Å². The second-order valence-corrected chi connectivity index (χ2v) is 4.02. The van der Waals surface area contributed by atoms with E-state index in [1.807, 2.05) is 0 Å². The van der Waals surface area contributed by atoms with Gasteiger partial charge in [-0.05, 0) is 43.5 Å². The molecule has 16 heavy (non-hydrogen) atoms. The number of phenolic OH excluding ortho intramolecular Hbond substituents is 1. The maximum absolute atomic E-state index is 11.8. The molecule has 3 nitrogen and oxygen atoms in total. The highest BCUT2D eigenvalue weighted by Crippen LogP contribution is 2.21. The monoisotopic (exact) mass is 217 g/mol. The minimum Gasteiger partial charge on any atom is -0.508 e. The lowest BCUT2D eigenvalue weighted by molar-refractivity contribution is -0.120. The Bertz CT molecular complexity index is 395. The van der Waals surface area contributed by atoms with E-state index >= 15 is 0 Å². The summed E-state index contributed by atoms with van der Waals surface area (Å²) in [5.41, 5.74) is 0.734. The van der Waals surface area contributed by atoms with E-state index in [4.69, 9.17) is 5.11 Å². The maximum Gasteiger partial charge on any atom is 0.227 e. The average Bonchev–Trinajstić information content (AvgIpc) is 2.33. The summed E-state index contributed by atoms with van der Waals surface area (Å²) in [6.45, 7) is 0. The Labute approximate surface area is 94.8 Å². The molecule has 0 saturated carbocycles. The molecule has 1 amide bonds. The predicted octanol–water partition coefficient (Wildman–Crippen LogP) is 2.69. The Morgan fingerprint density at radius 2 is 2.00 bits per heavy atom. The molecule has 3 heteroatoms. The molecule has 1 atom stereocenters. The fraction of sp³-hybridized carbons (Fsp3) is 0.308. The molecule has 1 aromatic rings. The number of aromatic hydroxyl groups is 1. The van der Waals surface area contributed by atoms with Crippen LogP contribution in [0.15, 0.2) is 36.4 Å². The van der Waals surface area contributed by atoms with Gasteiger partial charge < -0.3 is 10.4 Å². The van der Waals surface area contributed by atoms with Crippen molar-refractivity contribution in [1.29, 1.82) is 0 Å². The molecular formula is C13H15NO2. The highest BCUT2D eigenvalue weighted by molar-refractivity contribution is 5.92. The fourth-order valence-corrected chi connectivity index (χ4v) is 1.82. The van der Waals surface area contributed by atoms with Gasteiger partial charge in [0.25, 0.3) is 0 Å². The van der Waals surface area contributed by atoms with E-state index in [0.717, 1.165) is 24.9 Å². The number of carbonyl (C=O) groups excluding carboxylic acids is 1. The van der Waals surface area contributed by atoms with Gasteiger partial charge in [-0.25, -0.2) is 0 Å². The topological polar surface area (TPSA) is 49.3 Å². The first kappa shape index (κ1) is 10.7. The number of phenols is 1. The molecule has 0 spiro atoms. The Morgan fingerprint density at radius 3 is 2.62 bits per heavy atom. The Morgan fingerprint density at radius 1 is 1.25 bits per heavy atom. The van der Waals surface area contributed by atoms with Crippen molar-refractivity contribution in [3.05, 3.63) is 36.4 Å². The van der Waals surface area contributed by atoms with Crippen molar-refractivity contribution in [2.24, 2.45) is 5.92 Å². The van der Waals surface area contributed by atoms with Crippen LogP contribution in [-0.2, 0) is 4.79 Å². The summed E-state index contributed by atoms with van der Waals surface area (Å²) in [4.78, 5) is 11.8. The van der Waals surface area contributed by atoms with Crippen molar-refractivity contribution < 1.29 is 9.90 Å². The normalized spacial score (nSPS) is 19.4. The Balaban J connectivity index is 1.96. The SMILES string of the molecule is O=C(Nc1ccc(O)cc1)[C@@H]1CC=CCC1. The quantitative estimate of drug-likeness (QED) is 0.591. The minimum atomic E-state index is 0.0649. The standard InChI is InChI=1S/C13H15NO2/c15-12-8-6-11(7-9-12)14-13(16)10-4-2-1-3-5-10/h1-2,6-10,15H,3-5H2,(H,14,16)/t10-/m1/s1. The van der Waals surface area contributed by atoms with Crippen LogP contribution >= 0.6 is 0 Å². The number of anilines is 1. The van der Waals surface area contributed by atoms with Gasteiger partial charge in [-0.15, -0.1) is 0 Å². The molecule has 1 aliphatic rings. The van der Waals surface area contributed by atoms with Crippen molar-refractivity contribution in [2.75, 3.05) is 5.32 Å². The molecular weight excluding hydrogens is 202 g/mol. The van der Waals surface area contributed by atoms with Gasteiger partial charge >= 0.3 is 0 Å². The molecule has 1 aromatic carbocycles. The summed E-state index contributed by atoms with van der Waals surface area (Å²) in [5.74, 6) is 0.354. The van der Waals surface area contributed by atoms with Crippen molar-refractivity contribution in [3.8, 4) is 5.75 Å². The lowest BCUT2D eigenvalue weighted by atomic mass is 9.93. The summed E-state index contributed by atoms with van der Waals surface area (Å²) in [5, 5.41) is 12.0. The summed E-state index contributed by atoms with van der Waals surface area (Å²) in [6.07, 6.45) is 6.90. The van der Waals surface area contributed by atoms with Crippen LogP contribution in [0.1, 0.15) is 19.3 Å². The molecule has 0 heterocycles. The number of amides is 1. The fourth-order valence-electron chi connectivity index (χ4n) is 1.82. The second-order valence-electron chi connectivity index (χ2n) is 4.02. The molecule has 0 saturated heterocycles. The van der Waals surface area contributed by atoms with Crippen LogP contribution in [0, 0.1) is 5.92 Å². The molecule has 2 N–H and O–H groups in total. The lowest BCUT2D eigenvalue weighted by Crippen LogP contribution is -2.23. The van der Waals surface area contributed by atoms with Gasteiger partial charge in [-0.1, -0.05) is 12.2 Å². The molecule has 0 aliphatic heterocycles. The molecule has 0 bridgehead atoms. The predicted molar refractivity (Wildman–Crippen MR) is 63.2 cm³/mol. The van der Waals surface area contributed by atoms with Gasteiger partial charge in [0.2, 0.25) is 5.91 Å². The first-order valence-electron chi connectivity index (χ1n) is 5.50. The van der Waals surface area contributed by atoms with E-state index in [0.29, 0.717) is 0 Å². The molecule has 0 fully saturated rings. The van der Waals surface area contributed by atoms with Crippen molar-refractivity contribution in [3.63, 3.8) is 0 Å². The molecule has 0 unspecified atom stereocenters. The number of hydrogen-bond donors (Lipinski definition) is 2. The van der Waals surface area contributed by atoms with Crippen LogP contribution in [0.5, 0.6) is 5.75 Å². The highest BCUT2D eigenvalue weighted by Gasteiger charge is 2.18. The molecule has 2 rings (SSSR count). The van der Waals surface area contributed by atoms with E-state index in [-0.39, 0.29) is 17.6 Å². The van der Waals surface area contributed by atoms with Gasteiger partial charge in [0.05, 0.1) is 0 Å². The third kappa shape index (κ3) is 2.63. The molecule has 0 radical (unpaired) electrons. The van der Waals surface area contributed by atoms with Crippen LogP contribution in [-0.4, -0.2) is 11.0 Å². The second kappa shape index (κ2) is 4.84. The van der Waals surface area contributed by atoms with Crippen LogP contribution < -0.4 is 5.32 Å². The Hall–Kier alpha value is -1.77. The van der Waals surface area contributed by atoms with E-state index in [2.05, 4.69) is 17.5 Å².